The zero-order chi connectivity index (χ0) is 19.3. The number of carbonyl (C=O) groups is 1. The maximum absolute atomic E-state index is 12.1. The highest BCUT2D eigenvalue weighted by atomic mass is 16.6. The molecule has 2 rings (SSSR count). The van der Waals surface area contributed by atoms with Crippen LogP contribution in [0.2, 0.25) is 0 Å². The number of hydrogen-bond acceptors (Lipinski definition) is 8. The van der Waals surface area contributed by atoms with Gasteiger partial charge in [0.2, 0.25) is 5.72 Å². The SMILES string of the molecule is CCCCC(=O)O[C@H]1[C@H](C)[C@H](n2ccc(N)nc2=O)O[C@@]1(CO)N=[N+]=[N-]. The van der Waals surface area contributed by atoms with Gasteiger partial charge in [-0.25, -0.2) is 4.79 Å². The number of anilines is 1. The quantitative estimate of drug-likeness (QED) is 0.315. The average Bonchev–Trinajstić information content (AvgIpc) is 2.87. The second-order valence-corrected chi connectivity index (χ2v) is 6.12. The van der Waals surface area contributed by atoms with E-state index < -0.39 is 42.2 Å². The van der Waals surface area contributed by atoms with E-state index in [1.165, 1.54) is 12.3 Å². The van der Waals surface area contributed by atoms with Gasteiger partial charge >= 0.3 is 11.7 Å². The number of carbonyl (C=O) groups excluding carboxylic acids is 1. The van der Waals surface area contributed by atoms with Crippen molar-refractivity contribution in [1.82, 2.24) is 9.55 Å². The minimum Gasteiger partial charge on any atom is -0.459 e. The third kappa shape index (κ3) is 3.79. The molecule has 4 atom stereocenters. The van der Waals surface area contributed by atoms with Gasteiger partial charge in [0.25, 0.3) is 0 Å². The summed E-state index contributed by atoms with van der Waals surface area (Å²) in [5.74, 6) is -1.05. The van der Waals surface area contributed by atoms with Crippen molar-refractivity contribution < 1.29 is 19.4 Å². The Kier molecular flexibility index (Phi) is 6.19. The number of aliphatic hydroxyl groups is 1. The lowest BCUT2D eigenvalue weighted by molar-refractivity contribution is -0.167. The van der Waals surface area contributed by atoms with E-state index >= 15 is 0 Å². The number of rotatable bonds is 7. The van der Waals surface area contributed by atoms with Crippen LogP contribution in [0.4, 0.5) is 5.82 Å². The molecule has 0 aromatic carbocycles. The van der Waals surface area contributed by atoms with Gasteiger partial charge in [-0.1, -0.05) is 25.4 Å². The van der Waals surface area contributed by atoms with Crippen molar-refractivity contribution in [3.05, 3.63) is 33.2 Å². The molecule has 0 spiro atoms. The number of esters is 1. The highest BCUT2D eigenvalue weighted by Crippen LogP contribution is 2.43. The van der Waals surface area contributed by atoms with Crippen LogP contribution in [-0.2, 0) is 14.3 Å². The summed E-state index contributed by atoms with van der Waals surface area (Å²) in [5.41, 5.74) is 11.9. The number of aliphatic hydroxyl groups excluding tert-OH is 1. The molecule has 1 saturated heterocycles. The topological polar surface area (TPSA) is 165 Å². The number of nitrogens with zero attached hydrogens (tertiary/aromatic N) is 5. The van der Waals surface area contributed by atoms with Crippen molar-refractivity contribution in [1.29, 1.82) is 0 Å². The lowest BCUT2D eigenvalue weighted by atomic mass is 9.97. The molecule has 1 aliphatic rings. The van der Waals surface area contributed by atoms with Crippen LogP contribution in [0.3, 0.4) is 0 Å². The molecule has 1 aliphatic heterocycles. The molecule has 11 nitrogen and oxygen atoms in total. The molecule has 0 aliphatic carbocycles. The Balaban J connectivity index is 2.38. The molecule has 1 aromatic heterocycles. The lowest BCUT2D eigenvalue weighted by Crippen LogP contribution is -2.45. The molecule has 0 bridgehead atoms. The Labute approximate surface area is 149 Å². The average molecular weight is 366 g/mol. The fraction of sp³-hybridized carbons (Fsp3) is 0.667. The van der Waals surface area contributed by atoms with Crippen molar-refractivity contribution in [2.45, 2.75) is 51.2 Å². The Bertz CT molecular complexity index is 761. The molecule has 1 fully saturated rings. The standard InChI is InChI=1S/C15H22N6O5/c1-3-4-5-11(23)25-12-9(2)13(26-15(12,8-22)19-20-17)21-7-6-10(16)18-14(21)24/h6-7,9,12-13,22H,3-5,8H2,1-2H3,(H2,16,18,24)/t9-,12-,13+,15+/m0/s1. The van der Waals surface area contributed by atoms with Crippen molar-refractivity contribution in [2.75, 3.05) is 12.3 Å². The maximum atomic E-state index is 12.1. The van der Waals surface area contributed by atoms with Crippen molar-refractivity contribution in [2.24, 2.45) is 11.0 Å². The summed E-state index contributed by atoms with van der Waals surface area (Å²) in [7, 11) is 0. The van der Waals surface area contributed by atoms with E-state index in [-0.39, 0.29) is 12.2 Å². The van der Waals surface area contributed by atoms with Gasteiger partial charge in [0, 0.05) is 23.4 Å². The summed E-state index contributed by atoms with van der Waals surface area (Å²) < 4.78 is 12.3. The number of azide groups is 1. The van der Waals surface area contributed by atoms with Crippen molar-refractivity contribution in [3.63, 3.8) is 0 Å². The van der Waals surface area contributed by atoms with Crippen LogP contribution in [0.15, 0.2) is 22.2 Å². The van der Waals surface area contributed by atoms with Crippen LogP contribution in [0.5, 0.6) is 0 Å². The van der Waals surface area contributed by atoms with Gasteiger partial charge in [0.15, 0.2) is 0 Å². The van der Waals surface area contributed by atoms with E-state index in [2.05, 4.69) is 15.0 Å². The van der Waals surface area contributed by atoms with Gasteiger partial charge in [-0.05, 0) is 18.0 Å². The molecule has 1 aromatic rings. The van der Waals surface area contributed by atoms with Gasteiger partial charge in [0.05, 0.1) is 6.61 Å². The zero-order valence-electron chi connectivity index (χ0n) is 14.6. The summed E-state index contributed by atoms with van der Waals surface area (Å²) in [6.45, 7) is 2.87. The van der Waals surface area contributed by atoms with Crippen molar-refractivity contribution in [3.8, 4) is 0 Å². The summed E-state index contributed by atoms with van der Waals surface area (Å²) in [5, 5.41) is 13.3. The predicted molar refractivity (Wildman–Crippen MR) is 90.6 cm³/mol. The van der Waals surface area contributed by atoms with E-state index in [9.17, 15) is 14.7 Å². The molecule has 0 radical (unpaired) electrons. The number of nitrogen functional groups attached to an aromatic ring is 1. The van der Waals surface area contributed by atoms with E-state index in [1.807, 2.05) is 6.92 Å². The first-order valence-electron chi connectivity index (χ1n) is 8.27. The predicted octanol–water partition coefficient (Wildman–Crippen LogP) is 1.09. The summed E-state index contributed by atoms with van der Waals surface area (Å²) in [6, 6.07) is 1.41. The van der Waals surface area contributed by atoms with Gasteiger partial charge < -0.3 is 20.3 Å². The summed E-state index contributed by atoms with van der Waals surface area (Å²) in [6.07, 6.45) is 0.984. The second kappa shape index (κ2) is 8.17. The van der Waals surface area contributed by atoms with E-state index in [0.717, 1.165) is 11.0 Å². The first-order valence-corrected chi connectivity index (χ1v) is 8.27. The molecular formula is C15H22N6O5. The van der Waals surface area contributed by atoms with Crippen LogP contribution in [0, 0.1) is 5.92 Å². The van der Waals surface area contributed by atoms with E-state index in [4.69, 9.17) is 20.7 Å². The lowest BCUT2D eigenvalue weighted by Gasteiger charge is -2.28. The molecular weight excluding hydrogens is 344 g/mol. The van der Waals surface area contributed by atoms with Crippen LogP contribution < -0.4 is 11.4 Å². The normalized spacial score (nSPS) is 27.7. The van der Waals surface area contributed by atoms with Gasteiger partial charge in [0.1, 0.15) is 18.1 Å². The Hall–Kier alpha value is -2.62. The molecule has 142 valence electrons. The van der Waals surface area contributed by atoms with Crippen molar-refractivity contribution >= 4 is 11.8 Å². The van der Waals surface area contributed by atoms with E-state index in [1.54, 1.807) is 6.92 Å². The highest BCUT2D eigenvalue weighted by Gasteiger charge is 2.56. The van der Waals surface area contributed by atoms with E-state index in [0.29, 0.717) is 6.42 Å². The minimum atomic E-state index is -1.83. The number of unbranched alkanes of at least 4 members (excludes halogenated alkanes) is 1. The van der Waals surface area contributed by atoms with Gasteiger partial charge in [-0.3, -0.25) is 9.36 Å². The fourth-order valence-electron chi connectivity index (χ4n) is 2.91. The van der Waals surface area contributed by atoms with Crippen LogP contribution in [0.1, 0.15) is 39.3 Å². The number of hydrogen-bond donors (Lipinski definition) is 2. The Morgan fingerprint density at radius 3 is 2.96 bits per heavy atom. The molecule has 26 heavy (non-hydrogen) atoms. The molecule has 0 amide bonds. The molecule has 3 N–H and O–H groups in total. The van der Waals surface area contributed by atoms with Crippen LogP contribution >= 0.6 is 0 Å². The second-order valence-electron chi connectivity index (χ2n) is 6.12. The number of ether oxygens (including phenoxy) is 2. The molecule has 11 heteroatoms. The largest absolute Gasteiger partial charge is 0.459 e. The molecule has 0 saturated carbocycles. The van der Waals surface area contributed by atoms with Gasteiger partial charge in [-0.15, -0.1) is 0 Å². The number of aromatic nitrogens is 2. The highest BCUT2D eigenvalue weighted by molar-refractivity contribution is 5.69. The monoisotopic (exact) mass is 366 g/mol. The third-order valence-electron chi connectivity index (χ3n) is 4.26. The Morgan fingerprint density at radius 2 is 2.38 bits per heavy atom. The third-order valence-corrected chi connectivity index (χ3v) is 4.26. The fourth-order valence-corrected chi connectivity index (χ4v) is 2.91. The maximum Gasteiger partial charge on any atom is 0.351 e. The molecule has 0 unspecified atom stereocenters. The number of nitrogens with two attached hydrogens (primary N) is 1. The first kappa shape index (κ1) is 19.7. The minimum absolute atomic E-state index is 0.0444. The smallest absolute Gasteiger partial charge is 0.351 e. The Morgan fingerprint density at radius 1 is 1.65 bits per heavy atom. The van der Waals surface area contributed by atoms with Gasteiger partial charge in [-0.2, -0.15) is 4.98 Å². The zero-order valence-corrected chi connectivity index (χ0v) is 14.6. The van der Waals surface area contributed by atoms with Crippen LogP contribution in [0.25, 0.3) is 10.4 Å². The summed E-state index contributed by atoms with van der Waals surface area (Å²) in [4.78, 5) is 30.5. The molecule has 2 heterocycles. The summed E-state index contributed by atoms with van der Waals surface area (Å²) >= 11 is 0. The van der Waals surface area contributed by atoms with Crippen LogP contribution in [-0.4, -0.2) is 39.1 Å². The first-order chi connectivity index (χ1) is 12.4.